The zero-order valence-corrected chi connectivity index (χ0v) is 17.4. The lowest BCUT2D eigenvalue weighted by Crippen LogP contribution is -2.18. The number of hydrogen-bond acceptors (Lipinski definition) is 5. The summed E-state index contributed by atoms with van der Waals surface area (Å²) in [6.45, 7) is 2.26. The summed E-state index contributed by atoms with van der Waals surface area (Å²) in [5.74, 6) is -0.00110. The van der Waals surface area contributed by atoms with E-state index in [0.29, 0.717) is 29.3 Å². The molecule has 32 heavy (non-hydrogen) atoms. The summed E-state index contributed by atoms with van der Waals surface area (Å²) in [6, 6.07) is 24.6. The molecule has 0 saturated carbocycles. The Morgan fingerprint density at radius 1 is 1.03 bits per heavy atom. The molecule has 0 bridgehead atoms. The SMILES string of the molecule is CCOc1cc(/C=N\NC(=O)c2cc(-c3ccc(-c4ccccc4)cc3)n[nH]2)ccc1O. The second kappa shape index (κ2) is 9.61. The molecule has 7 heteroatoms. The van der Waals surface area contributed by atoms with E-state index in [9.17, 15) is 9.90 Å². The molecule has 1 aromatic heterocycles. The lowest BCUT2D eigenvalue weighted by Gasteiger charge is -2.05. The van der Waals surface area contributed by atoms with Crippen molar-refractivity contribution in [3.05, 3.63) is 90.1 Å². The summed E-state index contributed by atoms with van der Waals surface area (Å²) in [7, 11) is 0. The number of aromatic hydroxyl groups is 1. The number of H-pyrrole nitrogens is 1. The molecule has 0 radical (unpaired) electrons. The van der Waals surface area contributed by atoms with Crippen LogP contribution in [-0.2, 0) is 0 Å². The van der Waals surface area contributed by atoms with Crippen molar-refractivity contribution in [3.63, 3.8) is 0 Å². The standard InChI is InChI=1S/C25H22N4O3/c1-2-32-24-14-17(8-13-23(24)30)16-26-29-25(31)22-15-21(27-28-22)20-11-9-19(10-12-20)18-6-4-3-5-7-18/h3-16,30H,2H2,1H3,(H,27,28)(H,29,31)/b26-16-. The van der Waals surface area contributed by atoms with E-state index >= 15 is 0 Å². The molecule has 0 aliphatic rings. The summed E-state index contributed by atoms with van der Waals surface area (Å²) in [6.07, 6.45) is 1.47. The molecular formula is C25H22N4O3. The van der Waals surface area contributed by atoms with Gasteiger partial charge in [-0.3, -0.25) is 9.89 Å². The van der Waals surface area contributed by atoms with E-state index in [1.165, 1.54) is 12.3 Å². The van der Waals surface area contributed by atoms with Gasteiger partial charge >= 0.3 is 0 Å². The third-order valence-corrected chi connectivity index (χ3v) is 4.77. The van der Waals surface area contributed by atoms with Gasteiger partial charge in [-0.05, 0) is 47.9 Å². The molecule has 4 aromatic rings. The maximum atomic E-state index is 12.4. The predicted molar refractivity (Wildman–Crippen MR) is 124 cm³/mol. The average molecular weight is 426 g/mol. The van der Waals surface area contributed by atoms with Gasteiger partial charge in [-0.2, -0.15) is 10.2 Å². The normalized spacial score (nSPS) is 10.9. The molecule has 0 atom stereocenters. The topological polar surface area (TPSA) is 99.6 Å². The van der Waals surface area contributed by atoms with Gasteiger partial charge in [0.1, 0.15) is 5.69 Å². The summed E-state index contributed by atoms with van der Waals surface area (Å²) in [5, 5.41) is 20.7. The highest BCUT2D eigenvalue weighted by Crippen LogP contribution is 2.26. The maximum Gasteiger partial charge on any atom is 0.289 e. The number of benzene rings is 3. The lowest BCUT2D eigenvalue weighted by molar-refractivity contribution is 0.0950. The molecule has 0 unspecified atom stereocenters. The highest BCUT2D eigenvalue weighted by atomic mass is 16.5. The number of nitrogens with zero attached hydrogens (tertiary/aromatic N) is 2. The lowest BCUT2D eigenvalue weighted by atomic mass is 10.0. The van der Waals surface area contributed by atoms with Gasteiger partial charge in [-0.1, -0.05) is 54.6 Å². The molecule has 0 saturated heterocycles. The van der Waals surface area contributed by atoms with Crippen molar-refractivity contribution in [1.29, 1.82) is 0 Å². The van der Waals surface area contributed by atoms with Crippen LogP contribution in [0.3, 0.4) is 0 Å². The minimum absolute atomic E-state index is 0.0508. The minimum atomic E-state index is -0.412. The number of hydrazone groups is 1. The fourth-order valence-electron chi connectivity index (χ4n) is 3.16. The highest BCUT2D eigenvalue weighted by Gasteiger charge is 2.11. The molecule has 0 aliphatic heterocycles. The van der Waals surface area contributed by atoms with E-state index in [0.717, 1.165) is 16.7 Å². The van der Waals surface area contributed by atoms with Crippen molar-refractivity contribution < 1.29 is 14.6 Å². The van der Waals surface area contributed by atoms with E-state index in [4.69, 9.17) is 4.74 Å². The van der Waals surface area contributed by atoms with Gasteiger partial charge in [0.25, 0.3) is 5.91 Å². The number of nitrogens with one attached hydrogen (secondary N) is 2. The largest absolute Gasteiger partial charge is 0.504 e. The van der Waals surface area contributed by atoms with Gasteiger partial charge in [0, 0.05) is 5.56 Å². The van der Waals surface area contributed by atoms with Crippen LogP contribution in [0.25, 0.3) is 22.4 Å². The van der Waals surface area contributed by atoms with Crippen molar-refractivity contribution in [2.45, 2.75) is 6.92 Å². The molecule has 3 N–H and O–H groups in total. The zero-order valence-electron chi connectivity index (χ0n) is 17.4. The fourth-order valence-corrected chi connectivity index (χ4v) is 3.16. The molecule has 0 spiro atoms. The molecular weight excluding hydrogens is 404 g/mol. The van der Waals surface area contributed by atoms with Crippen molar-refractivity contribution in [3.8, 4) is 33.9 Å². The van der Waals surface area contributed by atoms with Crippen molar-refractivity contribution >= 4 is 12.1 Å². The van der Waals surface area contributed by atoms with Gasteiger partial charge in [-0.15, -0.1) is 0 Å². The van der Waals surface area contributed by atoms with Crippen molar-refractivity contribution in [2.24, 2.45) is 5.10 Å². The minimum Gasteiger partial charge on any atom is -0.504 e. The third-order valence-electron chi connectivity index (χ3n) is 4.77. The van der Waals surface area contributed by atoms with Crippen LogP contribution in [0.15, 0.2) is 84.0 Å². The summed E-state index contributed by atoms with van der Waals surface area (Å²) in [5.41, 5.74) is 7.25. The Labute approximate surface area is 185 Å². The summed E-state index contributed by atoms with van der Waals surface area (Å²) in [4.78, 5) is 12.4. The fraction of sp³-hybridized carbons (Fsp3) is 0.0800. The van der Waals surface area contributed by atoms with E-state index in [1.807, 2.05) is 49.4 Å². The van der Waals surface area contributed by atoms with Gasteiger partial charge in [-0.25, -0.2) is 5.43 Å². The molecule has 1 heterocycles. The highest BCUT2D eigenvalue weighted by molar-refractivity contribution is 5.94. The Morgan fingerprint density at radius 2 is 1.75 bits per heavy atom. The quantitative estimate of drug-likeness (QED) is 0.297. The molecule has 4 rings (SSSR count). The molecule has 3 aromatic carbocycles. The predicted octanol–water partition coefficient (Wildman–Crippen LogP) is 4.61. The van der Waals surface area contributed by atoms with Crippen LogP contribution in [0.2, 0.25) is 0 Å². The molecule has 0 aliphatic carbocycles. The van der Waals surface area contributed by atoms with Gasteiger partial charge in [0.05, 0.1) is 18.5 Å². The zero-order chi connectivity index (χ0) is 22.3. The van der Waals surface area contributed by atoms with Gasteiger partial charge < -0.3 is 9.84 Å². The number of phenolic OH excluding ortho intramolecular Hbond substituents is 1. The first-order valence-corrected chi connectivity index (χ1v) is 10.1. The number of hydrogen-bond donors (Lipinski definition) is 3. The molecule has 160 valence electrons. The number of phenols is 1. The number of carbonyl (C=O) groups excluding carboxylic acids is 1. The first-order valence-electron chi connectivity index (χ1n) is 10.1. The Kier molecular flexibility index (Phi) is 6.27. The first-order chi connectivity index (χ1) is 15.6. The monoisotopic (exact) mass is 426 g/mol. The molecule has 0 fully saturated rings. The number of rotatable bonds is 7. The summed E-state index contributed by atoms with van der Waals surface area (Å²) >= 11 is 0. The first kappa shape index (κ1) is 20.9. The second-order valence-electron chi connectivity index (χ2n) is 6.97. The van der Waals surface area contributed by atoms with E-state index in [-0.39, 0.29) is 5.75 Å². The Bertz CT molecular complexity index is 1230. The number of aromatic nitrogens is 2. The summed E-state index contributed by atoms with van der Waals surface area (Å²) < 4.78 is 5.34. The van der Waals surface area contributed by atoms with E-state index in [1.54, 1.807) is 18.2 Å². The van der Waals surface area contributed by atoms with Gasteiger partial charge in [0.15, 0.2) is 11.5 Å². The van der Waals surface area contributed by atoms with Crippen LogP contribution in [0.4, 0.5) is 0 Å². The smallest absolute Gasteiger partial charge is 0.289 e. The Hall–Kier alpha value is -4.39. The second-order valence-corrected chi connectivity index (χ2v) is 6.97. The number of amides is 1. The number of carbonyl (C=O) groups is 1. The van der Waals surface area contributed by atoms with Crippen LogP contribution in [0, 0.1) is 0 Å². The maximum absolute atomic E-state index is 12.4. The van der Waals surface area contributed by atoms with Crippen LogP contribution >= 0.6 is 0 Å². The molecule has 1 amide bonds. The van der Waals surface area contributed by atoms with Crippen LogP contribution in [-0.4, -0.2) is 34.0 Å². The number of aromatic amines is 1. The van der Waals surface area contributed by atoms with Crippen LogP contribution in [0.1, 0.15) is 23.0 Å². The number of ether oxygens (including phenoxy) is 1. The van der Waals surface area contributed by atoms with Crippen molar-refractivity contribution in [1.82, 2.24) is 15.6 Å². The third kappa shape index (κ3) is 4.84. The Balaban J connectivity index is 1.41. The van der Waals surface area contributed by atoms with Gasteiger partial charge in [0.2, 0.25) is 0 Å². The Morgan fingerprint density at radius 3 is 2.50 bits per heavy atom. The van der Waals surface area contributed by atoms with Crippen molar-refractivity contribution in [2.75, 3.05) is 6.61 Å². The molecule has 7 nitrogen and oxygen atoms in total. The van der Waals surface area contributed by atoms with E-state index < -0.39 is 5.91 Å². The average Bonchev–Trinajstić information content (AvgIpc) is 3.32. The van der Waals surface area contributed by atoms with Crippen LogP contribution in [0.5, 0.6) is 11.5 Å². The van der Waals surface area contributed by atoms with Crippen LogP contribution < -0.4 is 10.2 Å². The van der Waals surface area contributed by atoms with E-state index in [2.05, 4.69) is 32.9 Å².